The summed E-state index contributed by atoms with van der Waals surface area (Å²) in [5.74, 6) is -0.733. The second kappa shape index (κ2) is 8.62. The molecule has 2 amide bonds. The Labute approximate surface area is 147 Å². The van der Waals surface area contributed by atoms with Crippen LogP contribution in [0.5, 0.6) is 0 Å². The van der Waals surface area contributed by atoms with Crippen molar-refractivity contribution >= 4 is 12.0 Å². The number of hydrogen-bond acceptors (Lipinski definition) is 4. The predicted molar refractivity (Wildman–Crippen MR) is 92.1 cm³/mol. The lowest BCUT2D eigenvalue weighted by atomic mass is 10.0. The summed E-state index contributed by atoms with van der Waals surface area (Å²) in [6.07, 6.45) is 0. The lowest BCUT2D eigenvalue weighted by Gasteiger charge is -2.30. The number of amides is 2. The van der Waals surface area contributed by atoms with Crippen LogP contribution in [-0.2, 0) is 16.1 Å². The number of urea groups is 1. The third-order valence-electron chi connectivity index (χ3n) is 3.99. The lowest BCUT2D eigenvalue weighted by Crippen LogP contribution is -2.51. The summed E-state index contributed by atoms with van der Waals surface area (Å²) in [5, 5.41) is 5.38. The Balaban J connectivity index is 2.22. The summed E-state index contributed by atoms with van der Waals surface area (Å²) in [7, 11) is 0. The highest BCUT2D eigenvalue weighted by atomic mass is 19.1. The SMILES string of the molecule is CCOC(=O)C1=C(CN(CC)Cc2cccc(F)c2)NC(=O)NC1C. The summed E-state index contributed by atoms with van der Waals surface area (Å²) in [6.45, 7) is 7.25. The van der Waals surface area contributed by atoms with E-state index in [1.807, 2.05) is 17.9 Å². The number of rotatable bonds is 7. The van der Waals surface area contributed by atoms with E-state index < -0.39 is 12.0 Å². The van der Waals surface area contributed by atoms with E-state index in [2.05, 4.69) is 10.6 Å². The first-order valence-electron chi connectivity index (χ1n) is 8.39. The van der Waals surface area contributed by atoms with Crippen molar-refractivity contribution < 1.29 is 18.7 Å². The number of ether oxygens (including phenoxy) is 1. The molecule has 0 radical (unpaired) electrons. The van der Waals surface area contributed by atoms with Gasteiger partial charge in [0.2, 0.25) is 0 Å². The summed E-state index contributed by atoms with van der Waals surface area (Å²) in [4.78, 5) is 26.1. The minimum absolute atomic E-state index is 0.261. The summed E-state index contributed by atoms with van der Waals surface area (Å²) in [5.41, 5.74) is 1.76. The molecule has 0 saturated carbocycles. The number of likely N-dealkylation sites (N-methyl/N-ethyl adjacent to an activating group) is 1. The number of carbonyl (C=O) groups excluding carboxylic acids is 2. The van der Waals surface area contributed by atoms with E-state index >= 15 is 0 Å². The van der Waals surface area contributed by atoms with E-state index in [1.54, 1.807) is 19.9 Å². The van der Waals surface area contributed by atoms with Gasteiger partial charge in [0.05, 0.1) is 18.2 Å². The molecule has 6 nitrogen and oxygen atoms in total. The van der Waals surface area contributed by atoms with Gasteiger partial charge in [0.15, 0.2) is 0 Å². The van der Waals surface area contributed by atoms with Gasteiger partial charge in [-0.15, -0.1) is 0 Å². The molecule has 1 heterocycles. The zero-order chi connectivity index (χ0) is 18.4. The zero-order valence-corrected chi connectivity index (χ0v) is 14.8. The normalized spacial score (nSPS) is 17.3. The Kier molecular flexibility index (Phi) is 6.52. The molecule has 0 fully saturated rings. The monoisotopic (exact) mass is 349 g/mol. The summed E-state index contributed by atoms with van der Waals surface area (Å²) < 4.78 is 18.5. The molecule has 7 heteroatoms. The maximum atomic E-state index is 13.4. The third kappa shape index (κ3) is 5.03. The van der Waals surface area contributed by atoms with Crippen LogP contribution in [0.4, 0.5) is 9.18 Å². The largest absolute Gasteiger partial charge is 0.463 e. The highest BCUT2D eigenvalue weighted by molar-refractivity contribution is 5.94. The van der Waals surface area contributed by atoms with Gasteiger partial charge < -0.3 is 15.4 Å². The maximum Gasteiger partial charge on any atom is 0.337 e. The molecule has 0 saturated heterocycles. The van der Waals surface area contributed by atoms with Crippen molar-refractivity contribution in [2.75, 3.05) is 19.7 Å². The van der Waals surface area contributed by atoms with Crippen molar-refractivity contribution in [2.24, 2.45) is 0 Å². The van der Waals surface area contributed by atoms with Gasteiger partial charge in [-0.3, -0.25) is 4.90 Å². The van der Waals surface area contributed by atoms with Crippen LogP contribution in [0.1, 0.15) is 26.3 Å². The second-order valence-electron chi connectivity index (χ2n) is 5.87. The molecule has 1 atom stereocenters. The number of carbonyl (C=O) groups is 2. The topological polar surface area (TPSA) is 70.7 Å². The number of halogens is 1. The Bertz CT molecular complexity index is 675. The molecule has 1 aliphatic heterocycles. The minimum Gasteiger partial charge on any atom is -0.463 e. The molecular weight excluding hydrogens is 325 g/mol. The first-order chi connectivity index (χ1) is 11.9. The molecule has 1 aromatic carbocycles. The van der Waals surface area contributed by atoms with Crippen LogP contribution in [0.2, 0.25) is 0 Å². The summed E-state index contributed by atoms with van der Waals surface area (Å²) >= 11 is 0. The van der Waals surface area contributed by atoms with Crippen molar-refractivity contribution in [3.63, 3.8) is 0 Å². The molecule has 0 aromatic heterocycles. The van der Waals surface area contributed by atoms with Crippen LogP contribution in [0.3, 0.4) is 0 Å². The van der Waals surface area contributed by atoms with E-state index in [0.717, 1.165) is 5.56 Å². The number of benzene rings is 1. The Morgan fingerprint density at radius 1 is 1.32 bits per heavy atom. The van der Waals surface area contributed by atoms with Gasteiger partial charge >= 0.3 is 12.0 Å². The summed E-state index contributed by atoms with van der Waals surface area (Å²) in [6, 6.07) is 5.60. The van der Waals surface area contributed by atoms with E-state index in [0.29, 0.717) is 30.9 Å². The second-order valence-corrected chi connectivity index (χ2v) is 5.87. The standard InChI is InChI=1S/C18H24FN3O3/c1-4-22(10-13-7-6-8-14(19)9-13)11-15-16(17(23)25-5-2)12(3)20-18(24)21-15/h6-9,12H,4-5,10-11H2,1-3H3,(H2,20,21,24). The van der Waals surface area contributed by atoms with Gasteiger partial charge in [0.25, 0.3) is 0 Å². The molecule has 25 heavy (non-hydrogen) atoms. The van der Waals surface area contributed by atoms with Crippen LogP contribution in [0.15, 0.2) is 35.5 Å². The first kappa shape index (κ1) is 18.9. The van der Waals surface area contributed by atoms with Gasteiger partial charge in [-0.05, 0) is 38.1 Å². The molecule has 0 bridgehead atoms. The third-order valence-corrected chi connectivity index (χ3v) is 3.99. The Morgan fingerprint density at radius 2 is 2.08 bits per heavy atom. The number of hydrogen-bond donors (Lipinski definition) is 2. The van der Waals surface area contributed by atoms with E-state index in [9.17, 15) is 14.0 Å². The molecule has 1 aromatic rings. The quantitative estimate of drug-likeness (QED) is 0.740. The molecule has 1 aliphatic rings. The fraction of sp³-hybridized carbons (Fsp3) is 0.444. The Morgan fingerprint density at radius 3 is 2.72 bits per heavy atom. The first-order valence-corrected chi connectivity index (χ1v) is 8.39. The van der Waals surface area contributed by atoms with Gasteiger partial charge in [-0.2, -0.15) is 0 Å². The fourth-order valence-corrected chi connectivity index (χ4v) is 2.80. The van der Waals surface area contributed by atoms with Crippen molar-refractivity contribution in [3.05, 3.63) is 46.9 Å². The average Bonchev–Trinajstić information content (AvgIpc) is 2.53. The van der Waals surface area contributed by atoms with E-state index in [4.69, 9.17) is 4.74 Å². The molecule has 0 spiro atoms. The van der Waals surface area contributed by atoms with Crippen molar-refractivity contribution in [3.8, 4) is 0 Å². The molecular formula is C18H24FN3O3. The van der Waals surface area contributed by atoms with Crippen molar-refractivity contribution in [1.82, 2.24) is 15.5 Å². The molecule has 2 rings (SSSR count). The van der Waals surface area contributed by atoms with Gasteiger partial charge in [0.1, 0.15) is 5.82 Å². The average molecular weight is 349 g/mol. The number of esters is 1. The van der Waals surface area contributed by atoms with Crippen LogP contribution < -0.4 is 10.6 Å². The van der Waals surface area contributed by atoms with Gasteiger partial charge in [-0.1, -0.05) is 19.1 Å². The van der Waals surface area contributed by atoms with Gasteiger partial charge in [-0.25, -0.2) is 14.0 Å². The molecule has 1 unspecified atom stereocenters. The van der Waals surface area contributed by atoms with E-state index in [-0.39, 0.29) is 18.5 Å². The fourth-order valence-electron chi connectivity index (χ4n) is 2.80. The smallest absolute Gasteiger partial charge is 0.337 e. The number of nitrogens with one attached hydrogen (secondary N) is 2. The zero-order valence-electron chi connectivity index (χ0n) is 14.8. The van der Waals surface area contributed by atoms with Gasteiger partial charge in [0, 0.05) is 18.8 Å². The van der Waals surface area contributed by atoms with E-state index in [1.165, 1.54) is 12.1 Å². The maximum absolute atomic E-state index is 13.4. The van der Waals surface area contributed by atoms with Crippen molar-refractivity contribution in [2.45, 2.75) is 33.4 Å². The Hall–Kier alpha value is -2.41. The lowest BCUT2D eigenvalue weighted by molar-refractivity contribution is -0.139. The van der Waals surface area contributed by atoms with Crippen LogP contribution in [0, 0.1) is 5.82 Å². The van der Waals surface area contributed by atoms with Crippen LogP contribution in [-0.4, -0.2) is 42.6 Å². The minimum atomic E-state index is -0.445. The molecule has 136 valence electrons. The highest BCUT2D eigenvalue weighted by Gasteiger charge is 2.30. The van der Waals surface area contributed by atoms with Crippen LogP contribution in [0.25, 0.3) is 0 Å². The number of nitrogens with zero attached hydrogens (tertiary/aromatic N) is 1. The van der Waals surface area contributed by atoms with Crippen molar-refractivity contribution in [1.29, 1.82) is 0 Å². The van der Waals surface area contributed by atoms with Crippen LogP contribution >= 0.6 is 0 Å². The molecule has 0 aliphatic carbocycles. The highest BCUT2D eigenvalue weighted by Crippen LogP contribution is 2.17. The molecule has 2 N–H and O–H groups in total. The predicted octanol–water partition coefficient (Wildman–Crippen LogP) is 2.17.